The fraction of sp³-hybridized carbons (Fsp3) is 0.0851. The van der Waals surface area contributed by atoms with Gasteiger partial charge in [-0.15, -0.1) is 0 Å². The lowest BCUT2D eigenvalue weighted by Gasteiger charge is -2.27. The normalized spacial score (nSPS) is 15.9. The predicted molar refractivity (Wildman–Crippen MR) is 214 cm³/mol. The maximum absolute atomic E-state index is 6.78. The van der Waals surface area contributed by atoms with E-state index in [4.69, 9.17) is 16.6 Å². The Morgan fingerprint density at radius 1 is 0.569 bits per heavy atom. The van der Waals surface area contributed by atoms with E-state index >= 15 is 0 Å². The van der Waals surface area contributed by atoms with E-state index in [9.17, 15) is 0 Å². The van der Waals surface area contributed by atoms with Crippen LogP contribution < -0.4 is 10.2 Å². The summed E-state index contributed by atoms with van der Waals surface area (Å²) >= 11 is 6.78. The van der Waals surface area contributed by atoms with Crippen molar-refractivity contribution in [3.05, 3.63) is 203 Å². The molecule has 1 N–H and O–H groups in total. The summed E-state index contributed by atoms with van der Waals surface area (Å²) in [7, 11) is 0. The zero-order chi connectivity index (χ0) is 34.1. The van der Waals surface area contributed by atoms with E-state index < -0.39 is 0 Å². The van der Waals surface area contributed by atoms with Gasteiger partial charge in [0.25, 0.3) is 0 Å². The Morgan fingerprint density at radius 2 is 1.18 bits per heavy atom. The predicted octanol–water partition coefficient (Wildman–Crippen LogP) is 12.8. The van der Waals surface area contributed by atoms with Gasteiger partial charge >= 0.3 is 0 Å². The minimum atomic E-state index is -0.0116. The summed E-state index contributed by atoms with van der Waals surface area (Å²) in [6.07, 6.45) is 2.02. The smallest absolute Gasteiger partial charge is 0.130 e. The monoisotopic (exact) mass is 677 g/mol. The van der Waals surface area contributed by atoms with Gasteiger partial charge in [0.2, 0.25) is 0 Å². The van der Waals surface area contributed by atoms with Crippen molar-refractivity contribution in [3.63, 3.8) is 0 Å². The average molecular weight is 678 g/mol. The zero-order valence-electron chi connectivity index (χ0n) is 28.1. The van der Waals surface area contributed by atoms with Gasteiger partial charge in [-0.25, -0.2) is 0 Å². The number of hydrogen-bond donors (Lipinski definition) is 1. The fourth-order valence-corrected chi connectivity index (χ4v) is 7.87. The van der Waals surface area contributed by atoms with Crippen molar-refractivity contribution in [1.82, 2.24) is 0 Å². The SMILES string of the molecule is Clc1cc(-c2ccc(C3=Nc4ccccc4C3CCc3ccccc3)cc2)cc(-c2ccc(C3Nc4ccccc4N3c3ccccc3)cc2)c1. The molecule has 2 atom stereocenters. The number of nitrogens with one attached hydrogen (secondary N) is 1. The summed E-state index contributed by atoms with van der Waals surface area (Å²) in [4.78, 5) is 7.51. The van der Waals surface area contributed by atoms with Gasteiger partial charge in [0, 0.05) is 16.6 Å². The Bertz CT molecular complexity index is 2350. The molecule has 0 aliphatic carbocycles. The quantitative estimate of drug-likeness (QED) is 0.173. The number of benzene rings is 7. The number of aliphatic imine (C=N–C) groups is 1. The molecule has 51 heavy (non-hydrogen) atoms. The van der Waals surface area contributed by atoms with Crippen LogP contribution in [0.2, 0.25) is 5.02 Å². The van der Waals surface area contributed by atoms with Crippen molar-refractivity contribution < 1.29 is 0 Å². The number of nitrogens with zero attached hydrogens (tertiary/aromatic N) is 2. The lowest BCUT2D eigenvalue weighted by molar-refractivity contribution is 0.778. The van der Waals surface area contributed by atoms with Crippen LogP contribution in [0.3, 0.4) is 0 Å². The second kappa shape index (κ2) is 13.4. The number of halogens is 1. The van der Waals surface area contributed by atoms with E-state index in [0.29, 0.717) is 0 Å². The molecule has 246 valence electrons. The molecule has 0 aromatic heterocycles. The van der Waals surface area contributed by atoms with Crippen molar-refractivity contribution in [2.75, 3.05) is 10.2 Å². The molecular weight excluding hydrogens is 642 g/mol. The van der Waals surface area contributed by atoms with Gasteiger partial charge < -0.3 is 10.2 Å². The second-order valence-electron chi connectivity index (χ2n) is 13.3. The van der Waals surface area contributed by atoms with Gasteiger partial charge in [-0.05, 0) is 106 Å². The molecule has 0 amide bonds. The summed E-state index contributed by atoms with van der Waals surface area (Å²) in [5.41, 5.74) is 15.2. The van der Waals surface area contributed by atoms with Gasteiger partial charge in [-0.1, -0.05) is 139 Å². The van der Waals surface area contributed by atoms with Crippen molar-refractivity contribution >= 4 is 40.1 Å². The maximum Gasteiger partial charge on any atom is 0.130 e. The van der Waals surface area contributed by atoms with E-state index in [1.54, 1.807) is 0 Å². The van der Waals surface area contributed by atoms with E-state index in [1.165, 1.54) is 22.4 Å². The number of anilines is 3. The highest BCUT2D eigenvalue weighted by Gasteiger charge is 2.31. The van der Waals surface area contributed by atoms with Crippen molar-refractivity contribution in [3.8, 4) is 22.3 Å². The number of fused-ring (bicyclic) bond motifs is 2. The Kier molecular flexibility index (Phi) is 8.19. The molecule has 0 spiro atoms. The highest BCUT2D eigenvalue weighted by atomic mass is 35.5. The Hall–Kier alpha value is -5.90. The lowest BCUT2D eigenvalue weighted by Crippen LogP contribution is -2.23. The van der Waals surface area contributed by atoms with Crippen LogP contribution in [0, 0.1) is 0 Å². The third-order valence-electron chi connectivity index (χ3n) is 10.2. The second-order valence-corrected chi connectivity index (χ2v) is 13.8. The topological polar surface area (TPSA) is 27.6 Å². The summed E-state index contributed by atoms with van der Waals surface area (Å²) in [5, 5.41) is 4.46. The van der Waals surface area contributed by atoms with Gasteiger partial charge in [0.05, 0.1) is 22.8 Å². The summed E-state index contributed by atoms with van der Waals surface area (Å²) in [6, 6.07) is 62.4. The Labute approximate surface area is 304 Å². The largest absolute Gasteiger partial charge is 0.359 e. The van der Waals surface area contributed by atoms with Crippen LogP contribution >= 0.6 is 11.6 Å². The maximum atomic E-state index is 6.78. The van der Waals surface area contributed by atoms with E-state index in [-0.39, 0.29) is 12.1 Å². The molecule has 0 fully saturated rings. The first-order chi connectivity index (χ1) is 25.2. The molecule has 2 unspecified atom stereocenters. The van der Waals surface area contributed by atoms with Gasteiger partial charge in [0.15, 0.2) is 0 Å². The highest BCUT2D eigenvalue weighted by Crippen LogP contribution is 2.46. The van der Waals surface area contributed by atoms with E-state index in [1.807, 2.05) is 0 Å². The third kappa shape index (κ3) is 6.11. The molecule has 7 aromatic rings. The third-order valence-corrected chi connectivity index (χ3v) is 10.4. The van der Waals surface area contributed by atoms with Crippen LogP contribution in [0.15, 0.2) is 181 Å². The first-order valence-corrected chi connectivity index (χ1v) is 18.0. The molecule has 9 rings (SSSR count). The summed E-state index contributed by atoms with van der Waals surface area (Å²) in [5.74, 6) is 0.265. The van der Waals surface area contributed by atoms with Gasteiger partial charge in [-0.3, -0.25) is 4.99 Å². The number of para-hydroxylation sites is 4. The van der Waals surface area contributed by atoms with Gasteiger partial charge in [-0.2, -0.15) is 0 Å². The van der Waals surface area contributed by atoms with E-state index in [0.717, 1.165) is 68.5 Å². The van der Waals surface area contributed by atoms with Crippen molar-refractivity contribution in [2.24, 2.45) is 4.99 Å². The molecular formula is C47H36ClN3. The molecule has 2 aliphatic heterocycles. The Balaban J connectivity index is 0.970. The highest BCUT2D eigenvalue weighted by molar-refractivity contribution is 6.31. The molecule has 4 heteroatoms. The minimum absolute atomic E-state index is 0.0116. The number of rotatable bonds is 8. The van der Waals surface area contributed by atoms with E-state index in [2.05, 4.69) is 186 Å². The summed E-state index contributed by atoms with van der Waals surface area (Å²) in [6.45, 7) is 0. The zero-order valence-corrected chi connectivity index (χ0v) is 28.8. The molecule has 7 aromatic carbocycles. The first kappa shape index (κ1) is 31.1. The first-order valence-electron chi connectivity index (χ1n) is 17.6. The Morgan fingerprint density at radius 3 is 1.92 bits per heavy atom. The molecule has 3 nitrogen and oxygen atoms in total. The molecule has 0 bridgehead atoms. The molecule has 2 aliphatic rings. The standard InChI is InChI=1S/C47H36ClN3/c48-39-30-37(33-20-24-35(25-21-33)46-42(28-19-32-11-3-1-4-12-32)41-15-7-8-16-43(41)49-46)29-38(31-39)34-22-26-36(27-23-34)47-50-44-17-9-10-18-45(44)51(47)40-13-5-2-6-14-40/h1-18,20-27,29-31,42,47,50H,19,28H2. The van der Waals surface area contributed by atoms with Crippen molar-refractivity contribution in [1.29, 1.82) is 0 Å². The number of aryl methyl sites for hydroxylation is 1. The minimum Gasteiger partial charge on any atom is -0.359 e. The fourth-order valence-electron chi connectivity index (χ4n) is 7.63. The van der Waals surface area contributed by atoms with Gasteiger partial charge in [0.1, 0.15) is 6.17 Å². The van der Waals surface area contributed by atoms with Crippen LogP contribution in [-0.4, -0.2) is 5.71 Å². The molecule has 0 saturated carbocycles. The van der Waals surface area contributed by atoms with Crippen LogP contribution in [0.5, 0.6) is 0 Å². The molecule has 2 heterocycles. The van der Waals surface area contributed by atoms with Crippen LogP contribution in [-0.2, 0) is 6.42 Å². The van der Waals surface area contributed by atoms with Crippen LogP contribution in [0.4, 0.5) is 22.7 Å². The van der Waals surface area contributed by atoms with Crippen LogP contribution in [0.1, 0.15) is 40.8 Å². The lowest BCUT2D eigenvalue weighted by atomic mass is 9.86. The number of hydrogen-bond acceptors (Lipinski definition) is 3. The molecule has 0 saturated heterocycles. The van der Waals surface area contributed by atoms with Crippen LogP contribution in [0.25, 0.3) is 22.3 Å². The molecule has 0 radical (unpaired) electrons. The summed E-state index contributed by atoms with van der Waals surface area (Å²) < 4.78 is 0. The average Bonchev–Trinajstić information content (AvgIpc) is 3.77. The van der Waals surface area contributed by atoms with Crippen molar-refractivity contribution in [2.45, 2.75) is 24.9 Å².